The molecule has 2 N–H and O–H groups in total. The highest BCUT2D eigenvalue weighted by atomic mass is 16.5. The molecule has 0 saturated heterocycles. The van der Waals surface area contributed by atoms with Crippen LogP contribution in [0.3, 0.4) is 0 Å². The van der Waals surface area contributed by atoms with Crippen molar-refractivity contribution in [2.75, 3.05) is 20.3 Å². The van der Waals surface area contributed by atoms with Gasteiger partial charge in [-0.05, 0) is 32.3 Å². The molecule has 112 valence electrons. The van der Waals surface area contributed by atoms with Crippen molar-refractivity contribution in [2.24, 2.45) is 5.41 Å². The van der Waals surface area contributed by atoms with Crippen LogP contribution in [0.5, 0.6) is 0 Å². The number of aromatic nitrogens is 2. The lowest BCUT2D eigenvalue weighted by Crippen LogP contribution is -2.45. The Hall–Kier alpha value is -1.36. The average molecular weight is 279 g/mol. The number of hydrogen-bond donors (Lipinski definition) is 2. The molecule has 0 aromatic carbocycles. The van der Waals surface area contributed by atoms with Gasteiger partial charge in [-0.2, -0.15) is 5.10 Å². The van der Waals surface area contributed by atoms with Crippen molar-refractivity contribution in [2.45, 2.75) is 46.0 Å². The summed E-state index contributed by atoms with van der Waals surface area (Å²) in [6.45, 7) is 5.51. The van der Waals surface area contributed by atoms with Crippen molar-refractivity contribution in [1.29, 1.82) is 0 Å². The van der Waals surface area contributed by atoms with Crippen LogP contribution in [-0.2, 0) is 16.0 Å². The molecule has 0 spiro atoms. The van der Waals surface area contributed by atoms with Crippen LogP contribution in [0.1, 0.15) is 42.6 Å². The summed E-state index contributed by atoms with van der Waals surface area (Å²) in [6.07, 6.45) is 4.73. The first kappa shape index (κ1) is 15.0. The van der Waals surface area contributed by atoms with Crippen molar-refractivity contribution in [3.8, 4) is 0 Å². The zero-order chi connectivity index (χ0) is 14.6. The third kappa shape index (κ3) is 3.39. The number of aromatic amines is 1. The second kappa shape index (κ2) is 6.39. The fraction of sp³-hybridized carbons (Fsp3) is 0.733. The molecule has 0 bridgehead atoms. The first-order chi connectivity index (χ1) is 9.56. The predicted molar refractivity (Wildman–Crippen MR) is 77.6 cm³/mol. The fourth-order valence-electron chi connectivity index (χ4n) is 2.74. The highest BCUT2D eigenvalue weighted by Gasteiger charge is 2.37. The SMILES string of the molecule is COCC1(CNC(=O)CCc2n[nH]c(C)c2C)CCC1. The fourth-order valence-corrected chi connectivity index (χ4v) is 2.74. The van der Waals surface area contributed by atoms with Crippen molar-refractivity contribution in [3.05, 3.63) is 17.0 Å². The van der Waals surface area contributed by atoms with Gasteiger partial charge in [0.05, 0.1) is 12.3 Å². The number of nitrogens with zero attached hydrogens (tertiary/aromatic N) is 1. The molecule has 1 saturated carbocycles. The molecule has 1 fully saturated rings. The number of carbonyl (C=O) groups excluding carboxylic acids is 1. The van der Waals surface area contributed by atoms with Gasteiger partial charge in [0.2, 0.25) is 5.91 Å². The molecule has 1 amide bonds. The number of nitrogens with one attached hydrogen (secondary N) is 2. The predicted octanol–water partition coefficient (Wildman–Crippen LogP) is 1.89. The summed E-state index contributed by atoms with van der Waals surface area (Å²) in [7, 11) is 1.73. The molecule has 1 aliphatic rings. The minimum absolute atomic E-state index is 0.104. The van der Waals surface area contributed by atoms with Gasteiger partial charge in [0.25, 0.3) is 0 Å². The summed E-state index contributed by atoms with van der Waals surface area (Å²) in [5.74, 6) is 0.104. The maximum absolute atomic E-state index is 11.9. The standard InChI is InChI=1S/C15H25N3O2/c1-11-12(2)17-18-13(11)5-6-14(19)16-9-15(10-20-3)7-4-8-15/h4-10H2,1-3H3,(H,16,19)(H,17,18). The summed E-state index contributed by atoms with van der Waals surface area (Å²) in [5, 5.41) is 10.2. The third-order valence-electron chi connectivity index (χ3n) is 4.47. The van der Waals surface area contributed by atoms with E-state index >= 15 is 0 Å². The lowest BCUT2D eigenvalue weighted by Gasteiger charge is -2.41. The number of H-pyrrole nitrogens is 1. The summed E-state index contributed by atoms with van der Waals surface area (Å²) in [6, 6.07) is 0. The second-order valence-corrected chi connectivity index (χ2v) is 5.98. The quantitative estimate of drug-likeness (QED) is 0.801. The first-order valence-electron chi connectivity index (χ1n) is 7.32. The van der Waals surface area contributed by atoms with Gasteiger partial charge in [-0.25, -0.2) is 0 Å². The topological polar surface area (TPSA) is 67.0 Å². The Labute approximate surface area is 120 Å². The lowest BCUT2D eigenvalue weighted by atomic mass is 9.69. The molecule has 1 aromatic rings. The van der Waals surface area contributed by atoms with E-state index in [0.717, 1.165) is 42.9 Å². The second-order valence-electron chi connectivity index (χ2n) is 5.98. The van der Waals surface area contributed by atoms with E-state index in [1.165, 1.54) is 6.42 Å². The van der Waals surface area contributed by atoms with Crippen molar-refractivity contribution >= 4 is 5.91 Å². The Balaban J connectivity index is 1.74. The Bertz CT molecular complexity index is 464. The normalized spacial score (nSPS) is 16.8. The summed E-state index contributed by atoms with van der Waals surface area (Å²) >= 11 is 0. The van der Waals surface area contributed by atoms with Gasteiger partial charge in [0.15, 0.2) is 0 Å². The van der Waals surface area contributed by atoms with Crippen LogP contribution in [0.25, 0.3) is 0 Å². The number of methoxy groups -OCH3 is 1. The number of ether oxygens (including phenoxy) is 1. The molecule has 1 heterocycles. The Morgan fingerprint density at radius 3 is 2.70 bits per heavy atom. The minimum atomic E-state index is 0.104. The van der Waals surface area contributed by atoms with Gasteiger partial charge in [0.1, 0.15) is 0 Å². The van der Waals surface area contributed by atoms with Crippen LogP contribution in [0.15, 0.2) is 0 Å². The van der Waals surface area contributed by atoms with E-state index in [4.69, 9.17) is 4.74 Å². The highest BCUT2D eigenvalue weighted by molar-refractivity contribution is 5.76. The monoisotopic (exact) mass is 279 g/mol. The molecule has 20 heavy (non-hydrogen) atoms. The number of hydrogen-bond acceptors (Lipinski definition) is 3. The summed E-state index contributed by atoms with van der Waals surface area (Å²) < 4.78 is 5.26. The lowest BCUT2D eigenvalue weighted by molar-refractivity contribution is -0.122. The smallest absolute Gasteiger partial charge is 0.220 e. The zero-order valence-corrected chi connectivity index (χ0v) is 12.7. The Morgan fingerprint density at radius 2 is 2.20 bits per heavy atom. The molecule has 0 unspecified atom stereocenters. The maximum Gasteiger partial charge on any atom is 0.220 e. The van der Waals surface area contributed by atoms with Crippen LogP contribution in [0, 0.1) is 19.3 Å². The molecule has 2 rings (SSSR count). The van der Waals surface area contributed by atoms with Gasteiger partial charge in [0, 0.05) is 37.6 Å². The van der Waals surface area contributed by atoms with Crippen LogP contribution in [0.4, 0.5) is 0 Å². The highest BCUT2D eigenvalue weighted by Crippen LogP contribution is 2.40. The van der Waals surface area contributed by atoms with Crippen LogP contribution in [0.2, 0.25) is 0 Å². The number of rotatable bonds is 7. The van der Waals surface area contributed by atoms with Gasteiger partial charge < -0.3 is 10.1 Å². The Kier molecular flexibility index (Phi) is 4.81. The molecule has 0 aliphatic heterocycles. The molecule has 0 radical (unpaired) electrons. The number of aryl methyl sites for hydroxylation is 2. The number of carbonyl (C=O) groups is 1. The molecule has 1 aromatic heterocycles. The molecular formula is C15H25N3O2. The van der Waals surface area contributed by atoms with E-state index < -0.39 is 0 Å². The zero-order valence-electron chi connectivity index (χ0n) is 12.7. The molecule has 5 nitrogen and oxygen atoms in total. The summed E-state index contributed by atoms with van der Waals surface area (Å²) in [5.41, 5.74) is 3.41. The number of amides is 1. The van der Waals surface area contributed by atoms with E-state index in [9.17, 15) is 4.79 Å². The minimum Gasteiger partial charge on any atom is -0.384 e. The van der Waals surface area contributed by atoms with Gasteiger partial charge >= 0.3 is 0 Å². The molecule has 0 atom stereocenters. The van der Waals surface area contributed by atoms with Gasteiger partial charge in [-0.1, -0.05) is 6.42 Å². The van der Waals surface area contributed by atoms with Crippen LogP contribution < -0.4 is 5.32 Å². The first-order valence-corrected chi connectivity index (χ1v) is 7.32. The average Bonchev–Trinajstić information content (AvgIpc) is 2.70. The van der Waals surface area contributed by atoms with Crippen molar-refractivity contribution in [1.82, 2.24) is 15.5 Å². The van der Waals surface area contributed by atoms with Crippen molar-refractivity contribution in [3.63, 3.8) is 0 Å². The third-order valence-corrected chi connectivity index (χ3v) is 4.47. The van der Waals surface area contributed by atoms with E-state index in [0.29, 0.717) is 12.8 Å². The maximum atomic E-state index is 11.9. The van der Waals surface area contributed by atoms with E-state index in [1.807, 2.05) is 13.8 Å². The molecule has 1 aliphatic carbocycles. The van der Waals surface area contributed by atoms with E-state index in [2.05, 4.69) is 15.5 Å². The van der Waals surface area contributed by atoms with Gasteiger partial charge in [-0.15, -0.1) is 0 Å². The van der Waals surface area contributed by atoms with Crippen LogP contribution in [-0.4, -0.2) is 36.4 Å². The van der Waals surface area contributed by atoms with Crippen LogP contribution >= 0.6 is 0 Å². The Morgan fingerprint density at radius 1 is 1.45 bits per heavy atom. The molecular weight excluding hydrogens is 254 g/mol. The molecule has 5 heteroatoms. The summed E-state index contributed by atoms with van der Waals surface area (Å²) in [4.78, 5) is 11.9. The van der Waals surface area contributed by atoms with Gasteiger partial charge in [-0.3, -0.25) is 9.89 Å². The largest absolute Gasteiger partial charge is 0.384 e. The van der Waals surface area contributed by atoms with Crippen molar-refractivity contribution < 1.29 is 9.53 Å². The van der Waals surface area contributed by atoms with E-state index in [1.54, 1.807) is 7.11 Å². The van der Waals surface area contributed by atoms with E-state index in [-0.39, 0.29) is 11.3 Å².